The highest BCUT2D eigenvalue weighted by Crippen LogP contribution is 2.59. The lowest BCUT2D eigenvalue weighted by Gasteiger charge is -2.07. The van der Waals surface area contributed by atoms with Gasteiger partial charge in [-0.05, 0) is 31.0 Å². The van der Waals surface area contributed by atoms with Gasteiger partial charge in [-0.2, -0.15) is 5.26 Å². The van der Waals surface area contributed by atoms with E-state index in [1.807, 2.05) is 12.1 Å². The van der Waals surface area contributed by atoms with Gasteiger partial charge in [-0.1, -0.05) is 23.7 Å². The molecule has 2 rings (SSSR count). The molecule has 0 amide bonds. The van der Waals surface area contributed by atoms with Gasteiger partial charge in [0.1, 0.15) is 0 Å². The number of carbonyl (C=O) groups is 1. The predicted octanol–water partition coefficient (Wildman–Crippen LogP) is 2.90. The third-order valence-corrected chi connectivity index (χ3v) is 3.32. The maximum Gasteiger partial charge on any atom is 0.327 e. The minimum Gasteiger partial charge on any atom is -0.465 e. The molecule has 0 unspecified atom stereocenters. The maximum atomic E-state index is 11.7. The number of ether oxygens (including phenoxy) is 1. The monoisotopic (exact) mass is 249 g/mol. The summed E-state index contributed by atoms with van der Waals surface area (Å²) in [5, 5.41) is 9.81. The van der Waals surface area contributed by atoms with Crippen molar-refractivity contribution in [3.63, 3.8) is 0 Å². The van der Waals surface area contributed by atoms with E-state index in [2.05, 4.69) is 6.07 Å². The van der Waals surface area contributed by atoms with Crippen LogP contribution in [0, 0.1) is 16.7 Å². The van der Waals surface area contributed by atoms with Crippen molar-refractivity contribution < 1.29 is 9.53 Å². The molecule has 0 N–H and O–H groups in total. The Labute approximate surface area is 105 Å². The summed E-state index contributed by atoms with van der Waals surface area (Å²) in [7, 11) is 0. The van der Waals surface area contributed by atoms with Gasteiger partial charge in [-0.15, -0.1) is 0 Å². The summed E-state index contributed by atoms with van der Waals surface area (Å²) in [4.78, 5) is 11.7. The number of hydrogen-bond donors (Lipinski definition) is 0. The van der Waals surface area contributed by atoms with Gasteiger partial charge in [0.05, 0.1) is 12.7 Å². The lowest BCUT2D eigenvalue weighted by atomic mass is 10.0. The van der Waals surface area contributed by atoms with Crippen LogP contribution >= 0.6 is 11.6 Å². The Balaban J connectivity index is 2.19. The molecule has 0 bridgehead atoms. The topological polar surface area (TPSA) is 50.1 Å². The zero-order chi connectivity index (χ0) is 12.5. The molecule has 1 aromatic carbocycles. The molecule has 0 spiro atoms. The Morgan fingerprint density at radius 2 is 2.24 bits per heavy atom. The van der Waals surface area contributed by atoms with E-state index in [0.717, 1.165) is 5.56 Å². The zero-order valence-corrected chi connectivity index (χ0v) is 10.2. The zero-order valence-electron chi connectivity index (χ0n) is 9.44. The van der Waals surface area contributed by atoms with E-state index < -0.39 is 11.4 Å². The van der Waals surface area contributed by atoms with E-state index in [-0.39, 0.29) is 5.92 Å². The molecule has 0 aliphatic heterocycles. The van der Waals surface area contributed by atoms with Gasteiger partial charge in [0.15, 0.2) is 5.41 Å². The number of hydrogen-bond acceptors (Lipinski definition) is 3. The van der Waals surface area contributed by atoms with E-state index >= 15 is 0 Å². The van der Waals surface area contributed by atoms with Gasteiger partial charge in [0.25, 0.3) is 0 Å². The number of nitriles is 1. The molecule has 3 nitrogen and oxygen atoms in total. The van der Waals surface area contributed by atoms with Gasteiger partial charge in [-0.3, -0.25) is 4.79 Å². The lowest BCUT2D eigenvalue weighted by molar-refractivity contribution is -0.147. The Hall–Kier alpha value is -1.53. The van der Waals surface area contributed by atoms with E-state index in [4.69, 9.17) is 21.6 Å². The second kappa shape index (κ2) is 4.38. The first-order valence-corrected chi connectivity index (χ1v) is 5.86. The fourth-order valence-corrected chi connectivity index (χ4v) is 2.14. The van der Waals surface area contributed by atoms with Gasteiger partial charge >= 0.3 is 5.97 Å². The summed E-state index contributed by atoms with van der Waals surface area (Å²) in [6.45, 7) is 2.04. The van der Waals surface area contributed by atoms with E-state index in [1.54, 1.807) is 19.1 Å². The molecule has 0 radical (unpaired) electrons. The van der Waals surface area contributed by atoms with Crippen LogP contribution in [0.4, 0.5) is 0 Å². The second-order valence-corrected chi connectivity index (χ2v) is 4.55. The molecule has 88 valence electrons. The number of rotatable bonds is 3. The highest BCUT2D eigenvalue weighted by atomic mass is 35.5. The molecule has 1 aliphatic carbocycles. The highest BCUT2D eigenvalue weighted by Gasteiger charge is 2.62. The van der Waals surface area contributed by atoms with Crippen molar-refractivity contribution in [3.05, 3.63) is 34.9 Å². The van der Waals surface area contributed by atoms with Gasteiger partial charge in [0, 0.05) is 10.9 Å². The molecule has 1 aromatic rings. The van der Waals surface area contributed by atoms with Crippen molar-refractivity contribution in [2.24, 2.45) is 5.41 Å². The van der Waals surface area contributed by atoms with Crippen LogP contribution in [0.15, 0.2) is 24.3 Å². The largest absolute Gasteiger partial charge is 0.465 e. The third kappa shape index (κ3) is 2.01. The Morgan fingerprint density at radius 3 is 2.76 bits per heavy atom. The molecule has 1 saturated carbocycles. The van der Waals surface area contributed by atoms with Crippen molar-refractivity contribution in [2.45, 2.75) is 19.3 Å². The number of esters is 1. The van der Waals surface area contributed by atoms with Gasteiger partial charge in [-0.25, -0.2) is 0 Å². The summed E-state index contributed by atoms with van der Waals surface area (Å²) in [6.07, 6.45) is 0.532. The molecule has 2 atom stereocenters. The summed E-state index contributed by atoms with van der Waals surface area (Å²) < 4.78 is 4.95. The highest BCUT2D eigenvalue weighted by molar-refractivity contribution is 6.30. The molecule has 4 heteroatoms. The average Bonchev–Trinajstić information content (AvgIpc) is 3.06. The van der Waals surface area contributed by atoms with Crippen LogP contribution in [0.2, 0.25) is 5.02 Å². The predicted molar refractivity (Wildman–Crippen MR) is 63.5 cm³/mol. The quantitative estimate of drug-likeness (QED) is 0.774. The second-order valence-electron chi connectivity index (χ2n) is 4.11. The van der Waals surface area contributed by atoms with Crippen LogP contribution in [0.25, 0.3) is 0 Å². The van der Waals surface area contributed by atoms with Crippen molar-refractivity contribution in [3.8, 4) is 6.07 Å². The molecule has 1 fully saturated rings. The first kappa shape index (κ1) is 11.9. The first-order chi connectivity index (χ1) is 8.14. The van der Waals surface area contributed by atoms with Gasteiger partial charge in [0.2, 0.25) is 0 Å². The normalized spacial score (nSPS) is 26.1. The minimum absolute atomic E-state index is 0.0659. The number of nitrogens with zero attached hydrogens (tertiary/aromatic N) is 1. The lowest BCUT2D eigenvalue weighted by Crippen LogP contribution is -2.19. The molecule has 0 saturated heterocycles. The molecular weight excluding hydrogens is 238 g/mol. The summed E-state index contributed by atoms with van der Waals surface area (Å²) in [6, 6.07) is 9.33. The fourth-order valence-electron chi connectivity index (χ4n) is 2.02. The number of carbonyl (C=O) groups excluding carboxylic acids is 1. The van der Waals surface area contributed by atoms with Crippen LogP contribution in [-0.4, -0.2) is 12.6 Å². The summed E-state index contributed by atoms with van der Waals surface area (Å²) in [5.74, 6) is -0.480. The molecule has 1 aliphatic rings. The van der Waals surface area contributed by atoms with E-state index in [0.29, 0.717) is 18.1 Å². The Bertz CT molecular complexity index is 477. The maximum absolute atomic E-state index is 11.7. The van der Waals surface area contributed by atoms with Crippen LogP contribution in [-0.2, 0) is 9.53 Å². The average molecular weight is 250 g/mol. The number of halogens is 1. The van der Waals surface area contributed by atoms with Crippen molar-refractivity contribution >= 4 is 17.6 Å². The first-order valence-electron chi connectivity index (χ1n) is 5.48. The van der Waals surface area contributed by atoms with E-state index in [9.17, 15) is 4.79 Å². The minimum atomic E-state index is -0.982. The van der Waals surface area contributed by atoms with Crippen molar-refractivity contribution in [1.82, 2.24) is 0 Å². The molecule has 17 heavy (non-hydrogen) atoms. The van der Waals surface area contributed by atoms with Crippen molar-refractivity contribution in [2.75, 3.05) is 6.61 Å². The van der Waals surface area contributed by atoms with Crippen LogP contribution in [0.1, 0.15) is 24.8 Å². The van der Waals surface area contributed by atoms with E-state index in [1.165, 1.54) is 0 Å². The van der Waals surface area contributed by atoms with Crippen molar-refractivity contribution in [1.29, 1.82) is 5.26 Å². The molecular formula is C13H12ClNO2. The van der Waals surface area contributed by atoms with Crippen LogP contribution in [0.5, 0.6) is 0 Å². The molecule has 0 heterocycles. The Morgan fingerprint density at radius 1 is 1.59 bits per heavy atom. The SMILES string of the molecule is CCOC(=O)[C@@]1(C#N)C[C@@H]1c1ccc(Cl)cc1. The standard InChI is InChI=1S/C13H12ClNO2/c1-2-17-12(16)13(8-15)7-11(13)9-3-5-10(14)6-4-9/h3-6,11H,2,7H2,1H3/t11-,13-/m1/s1. The number of benzene rings is 1. The van der Waals surface area contributed by atoms with Gasteiger partial charge < -0.3 is 4.74 Å². The molecule has 0 aromatic heterocycles. The summed E-state index contributed by atoms with van der Waals surface area (Å²) >= 11 is 5.80. The summed E-state index contributed by atoms with van der Waals surface area (Å²) in [5.41, 5.74) is -0.0203. The fraction of sp³-hybridized carbons (Fsp3) is 0.385. The van der Waals surface area contributed by atoms with Crippen LogP contribution < -0.4 is 0 Å². The third-order valence-electron chi connectivity index (χ3n) is 3.07. The van der Waals surface area contributed by atoms with Crippen LogP contribution in [0.3, 0.4) is 0 Å². The smallest absolute Gasteiger partial charge is 0.327 e. The Kier molecular flexibility index (Phi) is 3.08.